The van der Waals surface area contributed by atoms with Crippen LogP contribution in [0.25, 0.3) is 0 Å². The summed E-state index contributed by atoms with van der Waals surface area (Å²) < 4.78 is 24.8. The van der Waals surface area contributed by atoms with Crippen molar-refractivity contribution in [1.29, 1.82) is 0 Å². The highest BCUT2D eigenvalue weighted by molar-refractivity contribution is 7.89. The molecule has 2 aromatic rings. The molecule has 2 N–H and O–H groups in total. The summed E-state index contributed by atoms with van der Waals surface area (Å²) in [5, 5.41) is 11.6. The molecule has 0 unspecified atom stereocenters. The molecule has 0 radical (unpaired) electrons. The number of hydrogen-bond donors (Lipinski definition) is 2. The Labute approximate surface area is 156 Å². The highest BCUT2D eigenvalue weighted by Crippen LogP contribution is 2.32. The quantitative estimate of drug-likeness (QED) is 0.564. The Bertz CT molecular complexity index is 926. The van der Waals surface area contributed by atoms with Gasteiger partial charge in [0.1, 0.15) is 6.33 Å². The highest BCUT2D eigenvalue weighted by Gasteiger charge is 2.28. The Morgan fingerprint density at radius 2 is 1.78 bits per heavy atom. The molecule has 1 aliphatic heterocycles. The first kappa shape index (κ1) is 19.0. The molecule has 144 valence electrons. The Kier molecular flexibility index (Phi) is 5.51. The summed E-state index contributed by atoms with van der Waals surface area (Å²) in [5.74, 6) is -0.0157. The second kappa shape index (κ2) is 7.84. The smallest absolute Gasteiger partial charge is 0.351 e. The van der Waals surface area contributed by atoms with Crippen LogP contribution < -0.4 is 15.2 Å². The lowest BCUT2D eigenvalue weighted by molar-refractivity contribution is -0.383. The number of anilines is 2. The maximum Gasteiger partial charge on any atom is 0.354 e. The summed E-state index contributed by atoms with van der Waals surface area (Å²) in [6.45, 7) is 3.16. The van der Waals surface area contributed by atoms with Crippen molar-refractivity contribution in [2.24, 2.45) is 0 Å². The third kappa shape index (κ3) is 4.31. The van der Waals surface area contributed by atoms with Gasteiger partial charge in [0.05, 0.1) is 9.82 Å². The second-order valence-electron chi connectivity index (χ2n) is 6.24. The van der Waals surface area contributed by atoms with E-state index in [1.165, 1.54) is 18.5 Å². The summed E-state index contributed by atoms with van der Waals surface area (Å²) in [5.41, 5.74) is 2.93. The largest absolute Gasteiger partial charge is 0.354 e. The molecule has 1 aliphatic rings. The Hall–Kier alpha value is -2.79. The molecule has 0 amide bonds. The lowest BCUT2D eigenvalue weighted by Crippen LogP contribution is -2.33. The number of sulfonamides is 1. The number of hydrogen-bond acceptors (Lipinski definition) is 8. The summed E-state index contributed by atoms with van der Waals surface area (Å²) in [7, 11) is -3.91. The van der Waals surface area contributed by atoms with Gasteiger partial charge in [-0.15, -0.1) is 4.83 Å². The van der Waals surface area contributed by atoms with Gasteiger partial charge in [0.25, 0.3) is 10.0 Å². The first-order chi connectivity index (χ1) is 12.9. The van der Waals surface area contributed by atoms with Crippen LogP contribution in [0.5, 0.6) is 0 Å². The van der Waals surface area contributed by atoms with E-state index in [-0.39, 0.29) is 22.2 Å². The van der Waals surface area contributed by atoms with E-state index in [0.29, 0.717) is 13.1 Å². The minimum atomic E-state index is -3.91. The summed E-state index contributed by atoms with van der Waals surface area (Å²) in [6, 6.07) is 6.23. The first-order valence-corrected chi connectivity index (χ1v) is 9.95. The lowest BCUT2D eigenvalue weighted by Gasteiger charge is -2.27. The predicted octanol–water partition coefficient (Wildman–Crippen LogP) is 1.99. The van der Waals surface area contributed by atoms with Crippen LogP contribution in [0.4, 0.5) is 17.3 Å². The number of nitrogens with one attached hydrogen (secondary N) is 2. The minimum absolute atomic E-state index is 0.0357. The highest BCUT2D eigenvalue weighted by atomic mass is 32.2. The minimum Gasteiger partial charge on any atom is -0.351 e. The maximum atomic E-state index is 12.4. The van der Waals surface area contributed by atoms with E-state index < -0.39 is 14.9 Å². The van der Waals surface area contributed by atoms with Crippen molar-refractivity contribution in [1.82, 2.24) is 14.8 Å². The number of nitrogens with zero attached hydrogens (tertiary/aromatic N) is 4. The number of benzene rings is 1. The summed E-state index contributed by atoms with van der Waals surface area (Å²) in [4.78, 5) is 22.9. The Morgan fingerprint density at radius 3 is 2.41 bits per heavy atom. The molecule has 0 atom stereocenters. The zero-order chi connectivity index (χ0) is 19.4. The predicted molar refractivity (Wildman–Crippen MR) is 99.9 cm³/mol. The van der Waals surface area contributed by atoms with Crippen LogP contribution in [-0.2, 0) is 10.0 Å². The van der Waals surface area contributed by atoms with Crippen molar-refractivity contribution >= 4 is 27.3 Å². The van der Waals surface area contributed by atoms with Gasteiger partial charge in [-0.1, -0.05) is 17.7 Å². The van der Waals surface area contributed by atoms with Crippen LogP contribution in [-0.4, -0.2) is 36.4 Å². The van der Waals surface area contributed by atoms with E-state index in [1.54, 1.807) is 12.1 Å². The molecular formula is C16H20N6O4S. The van der Waals surface area contributed by atoms with Crippen molar-refractivity contribution in [3.8, 4) is 0 Å². The van der Waals surface area contributed by atoms with Gasteiger partial charge in [0.15, 0.2) is 0 Å². The summed E-state index contributed by atoms with van der Waals surface area (Å²) >= 11 is 0. The molecule has 0 saturated carbocycles. The van der Waals surface area contributed by atoms with Crippen LogP contribution in [0.3, 0.4) is 0 Å². The van der Waals surface area contributed by atoms with Gasteiger partial charge in [-0.25, -0.2) is 18.4 Å². The first-order valence-electron chi connectivity index (χ1n) is 8.47. The molecule has 11 heteroatoms. The van der Waals surface area contributed by atoms with E-state index in [1.807, 2.05) is 11.8 Å². The van der Waals surface area contributed by atoms with Crippen molar-refractivity contribution in [2.45, 2.75) is 31.1 Å². The zero-order valence-electron chi connectivity index (χ0n) is 14.8. The van der Waals surface area contributed by atoms with Gasteiger partial charge in [-0.2, -0.15) is 0 Å². The molecule has 0 aliphatic carbocycles. The van der Waals surface area contributed by atoms with Crippen LogP contribution in [0.2, 0.25) is 0 Å². The third-order valence-electron chi connectivity index (χ3n) is 4.28. The van der Waals surface area contributed by atoms with E-state index in [4.69, 9.17) is 0 Å². The molecule has 3 rings (SSSR count). The second-order valence-corrected chi connectivity index (χ2v) is 7.93. The number of rotatable bonds is 6. The van der Waals surface area contributed by atoms with Crippen molar-refractivity contribution in [2.75, 3.05) is 23.4 Å². The van der Waals surface area contributed by atoms with Crippen LogP contribution in [0.1, 0.15) is 24.8 Å². The molecule has 1 aromatic heterocycles. The summed E-state index contributed by atoms with van der Waals surface area (Å²) in [6.07, 6.45) is 4.09. The van der Waals surface area contributed by atoms with E-state index in [2.05, 4.69) is 20.2 Å². The zero-order valence-corrected chi connectivity index (χ0v) is 15.6. The molecule has 10 nitrogen and oxygen atoms in total. The monoisotopic (exact) mass is 392 g/mol. The van der Waals surface area contributed by atoms with Gasteiger partial charge in [-0.3, -0.25) is 15.5 Å². The molecular weight excluding hydrogens is 372 g/mol. The fraction of sp³-hybridized carbons (Fsp3) is 0.375. The Balaban J connectivity index is 1.86. The lowest BCUT2D eigenvalue weighted by atomic mass is 10.1. The van der Waals surface area contributed by atoms with E-state index in [9.17, 15) is 18.5 Å². The number of nitro groups is 1. The van der Waals surface area contributed by atoms with Gasteiger partial charge in [0.2, 0.25) is 11.6 Å². The van der Waals surface area contributed by atoms with Crippen molar-refractivity contribution < 1.29 is 13.3 Å². The fourth-order valence-corrected chi connectivity index (χ4v) is 3.70. The standard InChI is InChI=1S/C16H20N6O4S/c1-12-5-7-13(8-6-12)27(25,26)20-19-15-14(22(23)24)16(18-11-17-15)21-9-3-2-4-10-21/h5-8,11,20H,2-4,9-10H2,1H3,(H,17,18,19). The number of aromatic nitrogens is 2. The molecule has 27 heavy (non-hydrogen) atoms. The molecule has 0 spiro atoms. The van der Waals surface area contributed by atoms with E-state index >= 15 is 0 Å². The molecule has 1 aromatic carbocycles. The normalized spacial score (nSPS) is 14.8. The van der Waals surface area contributed by atoms with Crippen molar-refractivity contribution in [3.05, 3.63) is 46.3 Å². The molecule has 0 bridgehead atoms. The fourth-order valence-electron chi connectivity index (χ4n) is 2.86. The van der Waals surface area contributed by atoms with Crippen LogP contribution >= 0.6 is 0 Å². The maximum absolute atomic E-state index is 12.4. The van der Waals surface area contributed by atoms with Gasteiger partial charge < -0.3 is 4.90 Å². The number of piperidine rings is 1. The molecule has 1 fully saturated rings. The van der Waals surface area contributed by atoms with Gasteiger partial charge in [0, 0.05) is 13.1 Å². The average molecular weight is 392 g/mol. The topological polar surface area (TPSA) is 130 Å². The average Bonchev–Trinajstić information content (AvgIpc) is 2.67. The van der Waals surface area contributed by atoms with Gasteiger partial charge in [-0.05, 0) is 38.3 Å². The van der Waals surface area contributed by atoms with Crippen molar-refractivity contribution in [3.63, 3.8) is 0 Å². The third-order valence-corrected chi connectivity index (χ3v) is 5.54. The van der Waals surface area contributed by atoms with E-state index in [0.717, 1.165) is 24.8 Å². The number of aryl methyl sites for hydroxylation is 1. The number of hydrazine groups is 1. The van der Waals surface area contributed by atoms with Gasteiger partial charge >= 0.3 is 5.69 Å². The van der Waals surface area contributed by atoms with Crippen LogP contribution in [0.15, 0.2) is 35.5 Å². The SMILES string of the molecule is Cc1ccc(S(=O)(=O)NNc2ncnc(N3CCCCC3)c2[N+](=O)[O-])cc1. The molecule has 2 heterocycles. The molecule has 1 saturated heterocycles. The Morgan fingerprint density at radius 1 is 1.11 bits per heavy atom. The van der Waals surface area contributed by atoms with Crippen LogP contribution in [0, 0.1) is 17.0 Å².